The van der Waals surface area contributed by atoms with Gasteiger partial charge in [0.05, 0.1) is 29.5 Å². The molecule has 0 atom stereocenters. The molecular weight excluding hydrogens is 539 g/mol. The quantitative estimate of drug-likeness (QED) is 0.278. The SMILES string of the molecule is CO[C@H]1CC[C@H](NC(=O)c2cnn3ccc(-c4c[nH]c5nc(N[C@H]6CC[C@@H](OC(F)(F)F)CC6)ncc45)cc23)CC1. The number of methoxy groups -OCH3 is 1. The third kappa shape index (κ3) is 6.15. The van der Waals surface area contributed by atoms with E-state index in [-0.39, 0.29) is 24.1 Å². The van der Waals surface area contributed by atoms with Crippen LogP contribution < -0.4 is 10.6 Å². The van der Waals surface area contributed by atoms with E-state index in [1.165, 1.54) is 0 Å². The Bertz CT molecular complexity index is 1520. The molecule has 0 spiro atoms. The van der Waals surface area contributed by atoms with Crippen molar-refractivity contribution in [2.75, 3.05) is 12.4 Å². The summed E-state index contributed by atoms with van der Waals surface area (Å²) < 4.78 is 48.8. The lowest BCUT2D eigenvalue weighted by Gasteiger charge is -2.29. The van der Waals surface area contributed by atoms with Gasteiger partial charge in [0.25, 0.3) is 5.91 Å². The molecule has 4 heterocycles. The molecule has 10 nitrogen and oxygen atoms in total. The van der Waals surface area contributed by atoms with Crippen LogP contribution in [0.4, 0.5) is 19.1 Å². The number of carbonyl (C=O) groups is 1. The predicted molar refractivity (Wildman–Crippen MR) is 145 cm³/mol. The second-order valence-corrected chi connectivity index (χ2v) is 10.8. The van der Waals surface area contributed by atoms with Crippen LogP contribution in [0.1, 0.15) is 61.7 Å². The highest BCUT2D eigenvalue weighted by molar-refractivity contribution is 6.02. The Hall–Kier alpha value is -3.71. The standard InChI is InChI=1S/C28H32F3N7O3/c1-40-19-6-2-17(3-7-19)35-26(39)23-15-34-38-11-10-16(12-24(23)38)21-13-32-25-22(21)14-33-27(37-25)36-18-4-8-20(9-5-18)41-28(29,30)31/h10-15,17-20H,2-9H2,1H3,(H,35,39)(H2,32,33,36,37)/t17-,18-,19-,20+. The summed E-state index contributed by atoms with van der Waals surface area (Å²) in [5.74, 6) is 0.269. The lowest BCUT2D eigenvalue weighted by atomic mass is 9.93. The lowest BCUT2D eigenvalue weighted by molar-refractivity contribution is -0.345. The molecule has 0 unspecified atom stereocenters. The van der Waals surface area contributed by atoms with E-state index in [9.17, 15) is 18.0 Å². The third-order valence-electron chi connectivity index (χ3n) is 8.16. The van der Waals surface area contributed by atoms with Gasteiger partial charge in [0.15, 0.2) is 0 Å². The number of anilines is 1. The summed E-state index contributed by atoms with van der Waals surface area (Å²) in [6.07, 6.45) is 7.16. The topological polar surface area (TPSA) is 118 Å². The Morgan fingerprint density at radius 2 is 1.78 bits per heavy atom. The largest absolute Gasteiger partial charge is 0.522 e. The summed E-state index contributed by atoms with van der Waals surface area (Å²) in [5, 5.41) is 11.6. The first-order valence-electron chi connectivity index (χ1n) is 13.9. The molecule has 4 aromatic heterocycles. The highest BCUT2D eigenvalue weighted by Gasteiger charge is 2.35. The third-order valence-corrected chi connectivity index (χ3v) is 8.16. The summed E-state index contributed by atoms with van der Waals surface area (Å²) in [4.78, 5) is 25.4. The molecule has 0 aliphatic heterocycles. The van der Waals surface area contributed by atoms with Crippen molar-refractivity contribution in [1.29, 1.82) is 0 Å². The number of carbonyl (C=O) groups excluding carboxylic acids is 1. The van der Waals surface area contributed by atoms with E-state index >= 15 is 0 Å². The smallest absolute Gasteiger partial charge is 0.381 e. The monoisotopic (exact) mass is 571 g/mol. The van der Waals surface area contributed by atoms with E-state index in [2.05, 4.69) is 35.4 Å². The van der Waals surface area contributed by atoms with Gasteiger partial charge in [-0.1, -0.05) is 0 Å². The van der Waals surface area contributed by atoms with Gasteiger partial charge in [0.2, 0.25) is 5.95 Å². The Balaban J connectivity index is 1.15. The fraction of sp³-hybridized carbons (Fsp3) is 0.500. The van der Waals surface area contributed by atoms with Crippen molar-refractivity contribution in [3.63, 3.8) is 0 Å². The van der Waals surface area contributed by atoms with Gasteiger partial charge in [-0.2, -0.15) is 10.1 Å². The summed E-state index contributed by atoms with van der Waals surface area (Å²) in [5.41, 5.74) is 3.60. The Labute approximate surface area is 234 Å². The number of hydrogen-bond donors (Lipinski definition) is 3. The number of aromatic nitrogens is 5. The van der Waals surface area contributed by atoms with E-state index in [0.29, 0.717) is 48.4 Å². The molecule has 0 saturated heterocycles. The molecule has 0 bridgehead atoms. The molecule has 2 fully saturated rings. The highest BCUT2D eigenvalue weighted by atomic mass is 19.4. The maximum Gasteiger partial charge on any atom is 0.522 e. The van der Waals surface area contributed by atoms with Crippen LogP contribution in [-0.2, 0) is 9.47 Å². The summed E-state index contributed by atoms with van der Waals surface area (Å²) in [7, 11) is 1.73. The van der Waals surface area contributed by atoms with Gasteiger partial charge in [0, 0.05) is 48.7 Å². The number of nitrogens with one attached hydrogen (secondary N) is 3. The van der Waals surface area contributed by atoms with E-state index in [0.717, 1.165) is 42.2 Å². The van der Waals surface area contributed by atoms with Crippen LogP contribution in [0.25, 0.3) is 27.7 Å². The van der Waals surface area contributed by atoms with Crippen molar-refractivity contribution < 1.29 is 27.4 Å². The molecule has 2 aliphatic carbocycles. The second kappa shape index (κ2) is 11.3. The Morgan fingerprint density at radius 3 is 2.51 bits per heavy atom. The number of rotatable bonds is 7. The maximum atomic E-state index is 13.1. The first-order valence-corrected chi connectivity index (χ1v) is 13.9. The van der Waals surface area contributed by atoms with Crippen molar-refractivity contribution in [3.8, 4) is 11.1 Å². The average molecular weight is 572 g/mol. The molecule has 6 rings (SSSR count). The van der Waals surface area contributed by atoms with Crippen LogP contribution in [0.2, 0.25) is 0 Å². The van der Waals surface area contributed by atoms with Gasteiger partial charge in [0.1, 0.15) is 5.65 Å². The molecular formula is C28H32F3N7O3. The number of alkyl halides is 3. The van der Waals surface area contributed by atoms with Crippen LogP contribution in [0.5, 0.6) is 0 Å². The summed E-state index contributed by atoms with van der Waals surface area (Å²) >= 11 is 0. The number of ether oxygens (including phenoxy) is 2. The van der Waals surface area contributed by atoms with Gasteiger partial charge in [-0.15, -0.1) is 13.2 Å². The Kier molecular flexibility index (Phi) is 7.56. The van der Waals surface area contributed by atoms with Crippen LogP contribution in [0.15, 0.2) is 36.9 Å². The zero-order chi connectivity index (χ0) is 28.6. The highest BCUT2D eigenvalue weighted by Crippen LogP contribution is 2.31. The number of fused-ring (bicyclic) bond motifs is 2. The number of aromatic amines is 1. The molecule has 2 aliphatic rings. The minimum atomic E-state index is -4.61. The molecule has 41 heavy (non-hydrogen) atoms. The van der Waals surface area contributed by atoms with Gasteiger partial charge in [-0.3, -0.25) is 9.53 Å². The van der Waals surface area contributed by atoms with Crippen molar-refractivity contribution in [2.24, 2.45) is 0 Å². The van der Waals surface area contributed by atoms with Gasteiger partial charge in [-0.05, 0) is 69.1 Å². The molecule has 13 heteroatoms. The number of pyridine rings is 1. The maximum absolute atomic E-state index is 13.1. The molecule has 0 aromatic carbocycles. The van der Waals surface area contributed by atoms with Crippen LogP contribution in [0.3, 0.4) is 0 Å². The molecule has 4 aromatic rings. The van der Waals surface area contributed by atoms with Crippen molar-refractivity contribution in [1.82, 2.24) is 29.9 Å². The fourth-order valence-corrected chi connectivity index (χ4v) is 5.94. The number of hydrogen-bond acceptors (Lipinski definition) is 7. The van der Waals surface area contributed by atoms with Crippen molar-refractivity contribution >= 4 is 28.4 Å². The minimum Gasteiger partial charge on any atom is -0.381 e. The zero-order valence-electron chi connectivity index (χ0n) is 22.6. The van der Waals surface area contributed by atoms with E-state index in [1.54, 1.807) is 24.0 Å². The number of nitrogens with zero attached hydrogens (tertiary/aromatic N) is 4. The minimum absolute atomic E-state index is 0.0289. The summed E-state index contributed by atoms with van der Waals surface area (Å²) in [6, 6.07) is 3.94. The van der Waals surface area contributed by atoms with Crippen LogP contribution in [0, 0.1) is 0 Å². The predicted octanol–water partition coefficient (Wildman–Crippen LogP) is 5.22. The normalized spacial score (nSPS) is 23.6. The van der Waals surface area contributed by atoms with Gasteiger partial charge >= 0.3 is 6.36 Å². The molecule has 2 saturated carbocycles. The fourth-order valence-electron chi connectivity index (χ4n) is 5.94. The molecule has 3 N–H and O–H groups in total. The van der Waals surface area contributed by atoms with Gasteiger partial charge < -0.3 is 20.4 Å². The molecule has 1 amide bonds. The number of halogens is 3. The van der Waals surface area contributed by atoms with Gasteiger partial charge in [-0.25, -0.2) is 9.50 Å². The number of H-pyrrole nitrogens is 1. The molecule has 0 radical (unpaired) electrons. The first-order chi connectivity index (χ1) is 19.8. The molecule has 218 valence electrons. The average Bonchev–Trinajstić information content (AvgIpc) is 3.57. The first kappa shape index (κ1) is 27.5. The number of amides is 1. The summed E-state index contributed by atoms with van der Waals surface area (Å²) in [6.45, 7) is 0. The van der Waals surface area contributed by atoms with E-state index in [1.807, 2.05) is 24.5 Å². The lowest BCUT2D eigenvalue weighted by Crippen LogP contribution is -2.38. The zero-order valence-corrected chi connectivity index (χ0v) is 22.6. The van der Waals surface area contributed by atoms with Crippen LogP contribution >= 0.6 is 0 Å². The van der Waals surface area contributed by atoms with Crippen molar-refractivity contribution in [3.05, 3.63) is 42.5 Å². The van der Waals surface area contributed by atoms with Crippen LogP contribution in [-0.4, -0.2) is 68.2 Å². The van der Waals surface area contributed by atoms with Crippen molar-refractivity contribution in [2.45, 2.75) is 82.0 Å². The van der Waals surface area contributed by atoms with E-state index in [4.69, 9.17) is 4.74 Å². The Morgan fingerprint density at radius 1 is 1.05 bits per heavy atom. The van der Waals surface area contributed by atoms with E-state index < -0.39 is 12.5 Å². The second-order valence-electron chi connectivity index (χ2n) is 10.8.